The van der Waals surface area contributed by atoms with Crippen molar-refractivity contribution in [3.05, 3.63) is 30.3 Å². The molecule has 1 aliphatic heterocycles. The van der Waals surface area contributed by atoms with Gasteiger partial charge in [-0.05, 0) is 38.4 Å². The lowest BCUT2D eigenvalue weighted by molar-refractivity contribution is -0.116. The molecule has 2 rings (SSSR count). The van der Waals surface area contributed by atoms with E-state index in [1.165, 1.54) is 12.8 Å². The molecular formula is C16H25N3O. The number of anilines is 1. The number of carbonyl (C=O) groups is 1. The standard InChI is InChI=1S/C16H25N3O/c1-13(17)15-9-5-6-11-19(15)12-10-16(20)18-14-7-3-2-4-8-14/h2-4,7-8,13,15H,5-6,9-12,17H2,1H3,(H,18,20). The summed E-state index contributed by atoms with van der Waals surface area (Å²) in [6.07, 6.45) is 4.14. The van der Waals surface area contributed by atoms with Gasteiger partial charge in [0.1, 0.15) is 0 Å². The minimum atomic E-state index is 0.0743. The van der Waals surface area contributed by atoms with Gasteiger partial charge in [0.15, 0.2) is 0 Å². The van der Waals surface area contributed by atoms with Crippen LogP contribution in [0, 0.1) is 0 Å². The highest BCUT2D eigenvalue weighted by Gasteiger charge is 2.25. The van der Waals surface area contributed by atoms with Crippen LogP contribution in [0.4, 0.5) is 5.69 Å². The van der Waals surface area contributed by atoms with Crippen LogP contribution < -0.4 is 11.1 Å². The maximum Gasteiger partial charge on any atom is 0.225 e. The number of benzene rings is 1. The van der Waals surface area contributed by atoms with Gasteiger partial charge in [0.2, 0.25) is 5.91 Å². The Morgan fingerprint density at radius 1 is 1.40 bits per heavy atom. The van der Waals surface area contributed by atoms with Gasteiger partial charge in [0.25, 0.3) is 0 Å². The fourth-order valence-corrected chi connectivity index (χ4v) is 2.88. The van der Waals surface area contributed by atoms with E-state index in [0.29, 0.717) is 12.5 Å². The average molecular weight is 275 g/mol. The number of rotatable bonds is 5. The molecule has 4 heteroatoms. The molecule has 0 aromatic heterocycles. The zero-order valence-electron chi connectivity index (χ0n) is 12.2. The second-order valence-corrected chi connectivity index (χ2v) is 5.62. The summed E-state index contributed by atoms with van der Waals surface area (Å²) < 4.78 is 0. The van der Waals surface area contributed by atoms with Crippen molar-refractivity contribution in [2.75, 3.05) is 18.4 Å². The van der Waals surface area contributed by atoms with Gasteiger partial charge in [-0.1, -0.05) is 24.6 Å². The van der Waals surface area contributed by atoms with Crippen LogP contribution in [-0.4, -0.2) is 36.0 Å². The maximum absolute atomic E-state index is 12.0. The van der Waals surface area contributed by atoms with Gasteiger partial charge in [-0.3, -0.25) is 9.69 Å². The van der Waals surface area contributed by atoms with E-state index in [2.05, 4.69) is 17.1 Å². The molecule has 3 N–H and O–H groups in total. The molecule has 0 spiro atoms. The Balaban J connectivity index is 1.80. The van der Waals surface area contributed by atoms with Gasteiger partial charge < -0.3 is 11.1 Å². The van der Waals surface area contributed by atoms with E-state index in [9.17, 15) is 4.79 Å². The summed E-state index contributed by atoms with van der Waals surface area (Å²) >= 11 is 0. The van der Waals surface area contributed by atoms with Gasteiger partial charge >= 0.3 is 0 Å². The number of nitrogens with two attached hydrogens (primary N) is 1. The number of likely N-dealkylation sites (tertiary alicyclic amines) is 1. The van der Waals surface area contributed by atoms with E-state index >= 15 is 0 Å². The normalized spacial score (nSPS) is 21.4. The fraction of sp³-hybridized carbons (Fsp3) is 0.562. The minimum Gasteiger partial charge on any atom is -0.327 e. The molecule has 0 bridgehead atoms. The third-order valence-corrected chi connectivity index (χ3v) is 3.95. The molecule has 110 valence electrons. The van der Waals surface area contributed by atoms with Gasteiger partial charge in [-0.25, -0.2) is 0 Å². The molecule has 1 aliphatic rings. The van der Waals surface area contributed by atoms with Gasteiger partial charge in [0, 0.05) is 30.7 Å². The van der Waals surface area contributed by atoms with Crippen molar-refractivity contribution in [3.63, 3.8) is 0 Å². The number of piperidine rings is 1. The molecule has 4 nitrogen and oxygen atoms in total. The Morgan fingerprint density at radius 2 is 2.15 bits per heavy atom. The second kappa shape index (κ2) is 7.41. The molecule has 0 radical (unpaired) electrons. The van der Waals surface area contributed by atoms with Crippen molar-refractivity contribution in [1.29, 1.82) is 0 Å². The number of amides is 1. The molecule has 1 heterocycles. The van der Waals surface area contributed by atoms with E-state index in [1.54, 1.807) is 0 Å². The first-order chi connectivity index (χ1) is 9.66. The first kappa shape index (κ1) is 15.0. The zero-order valence-corrected chi connectivity index (χ0v) is 12.2. The Morgan fingerprint density at radius 3 is 2.85 bits per heavy atom. The van der Waals surface area contributed by atoms with Crippen LogP contribution >= 0.6 is 0 Å². The molecule has 20 heavy (non-hydrogen) atoms. The smallest absolute Gasteiger partial charge is 0.225 e. The highest BCUT2D eigenvalue weighted by molar-refractivity contribution is 5.90. The minimum absolute atomic E-state index is 0.0743. The zero-order chi connectivity index (χ0) is 14.4. The quantitative estimate of drug-likeness (QED) is 0.866. The van der Waals surface area contributed by atoms with E-state index in [0.717, 1.165) is 25.2 Å². The maximum atomic E-state index is 12.0. The first-order valence-electron chi connectivity index (χ1n) is 7.51. The highest BCUT2D eigenvalue weighted by atomic mass is 16.1. The summed E-state index contributed by atoms with van der Waals surface area (Å²) in [5.41, 5.74) is 6.91. The molecule has 0 saturated carbocycles. The van der Waals surface area contributed by atoms with Crippen LogP contribution in [0.1, 0.15) is 32.6 Å². The average Bonchev–Trinajstić information content (AvgIpc) is 2.46. The number of para-hydroxylation sites is 1. The lowest BCUT2D eigenvalue weighted by Gasteiger charge is -2.37. The molecule has 2 atom stereocenters. The van der Waals surface area contributed by atoms with Crippen LogP contribution in [-0.2, 0) is 4.79 Å². The van der Waals surface area contributed by atoms with Crippen molar-refractivity contribution in [2.24, 2.45) is 5.73 Å². The molecule has 1 aromatic carbocycles. The molecular weight excluding hydrogens is 250 g/mol. The molecule has 1 amide bonds. The Labute approximate surface area is 121 Å². The summed E-state index contributed by atoms with van der Waals surface area (Å²) in [5.74, 6) is 0.0743. The van der Waals surface area contributed by atoms with Gasteiger partial charge in [0.05, 0.1) is 0 Å². The molecule has 1 fully saturated rings. The van der Waals surface area contributed by atoms with Gasteiger partial charge in [-0.2, -0.15) is 0 Å². The summed E-state index contributed by atoms with van der Waals surface area (Å²) in [6.45, 7) is 3.92. The van der Waals surface area contributed by atoms with E-state index in [1.807, 2.05) is 30.3 Å². The van der Waals surface area contributed by atoms with E-state index < -0.39 is 0 Å². The van der Waals surface area contributed by atoms with Crippen LogP contribution in [0.2, 0.25) is 0 Å². The van der Waals surface area contributed by atoms with E-state index in [4.69, 9.17) is 5.73 Å². The Bertz CT molecular complexity index is 419. The van der Waals surface area contributed by atoms with Crippen molar-refractivity contribution in [3.8, 4) is 0 Å². The molecule has 2 unspecified atom stereocenters. The van der Waals surface area contributed by atoms with Crippen molar-refractivity contribution in [2.45, 2.75) is 44.7 Å². The van der Waals surface area contributed by atoms with Crippen molar-refractivity contribution >= 4 is 11.6 Å². The third-order valence-electron chi connectivity index (χ3n) is 3.95. The number of hydrogen-bond acceptors (Lipinski definition) is 3. The number of nitrogens with one attached hydrogen (secondary N) is 1. The topological polar surface area (TPSA) is 58.4 Å². The number of hydrogen-bond donors (Lipinski definition) is 2. The summed E-state index contributed by atoms with van der Waals surface area (Å²) in [6, 6.07) is 10.2. The summed E-state index contributed by atoms with van der Waals surface area (Å²) in [7, 11) is 0. The number of nitrogens with zero attached hydrogens (tertiary/aromatic N) is 1. The monoisotopic (exact) mass is 275 g/mol. The number of carbonyl (C=O) groups excluding carboxylic acids is 1. The molecule has 1 saturated heterocycles. The SMILES string of the molecule is CC(N)C1CCCCN1CCC(=O)Nc1ccccc1. The highest BCUT2D eigenvalue weighted by Crippen LogP contribution is 2.19. The third kappa shape index (κ3) is 4.32. The lowest BCUT2D eigenvalue weighted by Crippen LogP contribution is -2.49. The predicted octanol–water partition coefficient (Wildman–Crippen LogP) is 2.22. The van der Waals surface area contributed by atoms with Crippen LogP contribution in [0.25, 0.3) is 0 Å². The van der Waals surface area contributed by atoms with Crippen LogP contribution in [0.5, 0.6) is 0 Å². The van der Waals surface area contributed by atoms with Crippen molar-refractivity contribution < 1.29 is 4.79 Å². The Hall–Kier alpha value is -1.39. The van der Waals surface area contributed by atoms with Gasteiger partial charge in [-0.15, -0.1) is 0 Å². The molecule has 0 aliphatic carbocycles. The second-order valence-electron chi connectivity index (χ2n) is 5.62. The van der Waals surface area contributed by atoms with Crippen LogP contribution in [0.15, 0.2) is 30.3 Å². The predicted molar refractivity (Wildman–Crippen MR) is 82.6 cm³/mol. The summed E-state index contributed by atoms with van der Waals surface area (Å²) in [4.78, 5) is 14.3. The van der Waals surface area contributed by atoms with Crippen LogP contribution in [0.3, 0.4) is 0 Å². The summed E-state index contributed by atoms with van der Waals surface area (Å²) in [5, 5.41) is 2.93. The fourth-order valence-electron chi connectivity index (χ4n) is 2.88. The van der Waals surface area contributed by atoms with E-state index in [-0.39, 0.29) is 11.9 Å². The largest absolute Gasteiger partial charge is 0.327 e. The first-order valence-corrected chi connectivity index (χ1v) is 7.51. The lowest BCUT2D eigenvalue weighted by atomic mass is 9.97. The molecule has 1 aromatic rings. The Kier molecular flexibility index (Phi) is 5.56. The van der Waals surface area contributed by atoms with Crippen molar-refractivity contribution in [1.82, 2.24) is 4.90 Å².